The van der Waals surface area contributed by atoms with Crippen LogP contribution in [-0.2, 0) is 11.3 Å². The average Bonchev–Trinajstić information content (AvgIpc) is 2.73. The normalized spacial score (nSPS) is 22.1. The lowest BCUT2D eigenvalue weighted by molar-refractivity contribution is 0.102. The van der Waals surface area contributed by atoms with Crippen LogP contribution in [0.4, 0.5) is 9.59 Å². The molecule has 5 heteroatoms. The summed E-state index contributed by atoms with van der Waals surface area (Å²) in [7, 11) is 0. The largest absolute Gasteiger partial charge is 0.444 e. The number of rotatable bonds is 3. The molecule has 0 unspecified atom stereocenters. The summed E-state index contributed by atoms with van der Waals surface area (Å²) in [6, 6.07) is 8.51. The van der Waals surface area contributed by atoms with Gasteiger partial charge in [-0.1, -0.05) is 42.5 Å². The maximum Gasteiger partial charge on any atom is 0.418 e. The van der Waals surface area contributed by atoms with Gasteiger partial charge in [-0.25, -0.2) is 14.5 Å². The molecule has 0 aliphatic carbocycles. The van der Waals surface area contributed by atoms with Gasteiger partial charge in [0.15, 0.2) is 0 Å². The van der Waals surface area contributed by atoms with Gasteiger partial charge in [0.05, 0.1) is 12.1 Å². The van der Waals surface area contributed by atoms with Gasteiger partial charge in [0.1, 0.15) is 6.61 Å². The fourth-order valence-electron chi connectivity index (χ4n) is 2.13. The van der Waals surface area contributed by atoms with Crippen molar-refractivity contribution in [2.24, 2.45) is 0 Å². The molecule has 2 atom stereocenters. The Hall–Kier alpha value is -2.30. The highest BCUT2D eigenvalue weighted by Crippen LogP contribution is 2.16. The van der Waals surface area contributed by atoms with Crippen molar-refractivity contribution in [2.75, 3.05) is 0 Å². The summed E-state index contributed by atoms with van der Waals surface area (Å²) in [6.45, 7) is 3.84. The minimum absolute atomic E-state index is 0.157. The molecule has 1 aliphatic rings. The Bertz CT molecular complexity index is 513. The van der Waals surface area contributed by atoms with E-state index >= 15 is 0 Å². The van der Waals surface area contributed by atoms with Gasteiger partial charge >= 0.3 is 12.1 Å². The van der Waals surface area contributed by atoms with Crippen molar-refractivity contribution in [2.45, 2.75) is 32.5 Å². The number of imide groups is 1. The molecule has 0 aromatic heterocycles. The van der Waals surface area contributed by atoms with Gasteiger partial charge in [-0.05, 0) is 19.4 Å². The Morgan fingerprint density at radius 2 is 2.10 bits per heavy atom. The second kappa shape index (κ2) is 6.23. The maximum atomic E-state index is 12.0. The van der Waals surface area contributed by atoms with E-state index in [4.69, 9.17) is 4.74 Å². The molecule has 5 nitrogen and oxygen atoms in total. The second-order valence-corrected chi connectivity index (χ2v) is 4.65. The lowest BCUT2D eigenvalue weighted by Crippen LogP contribution is -2.39. The van der Waals surface area contributed by atoms with Gasteiger partial charge in [0.25, 0.3) is 0 Å². The van der Waals surface area contributed by atoms with Crippen molar-refractivity contribution < 1.29 is 14.3 Å². The quantitative estimate of drug-likeness (QED) is 0.862. The first-order valence-corrected chi connectivity index (χ1v) is 6.56. The van der Waals surface area contributed by atoms with Gasteiger partial charge < -0.3 is 10.1 Å². The molecule has 0 saturated carbocycles. The smallest absolute Gasteiger partial charge is 0.418 e. The number of benzene rings is 1. The number of nitrogens with zero attached hydrogens (tertiary/aromatic N) is 1. The molecule has 106 valence electrons. The average molecular weight is 274 g/mol. The molecule has 1 aromatic rings. The number of hydrogen-bond acceptors (Lipinski definition) is 3. The van der Waals surface area contributed by atoms with Crippen LogP contribution < -0.4 is 5.32 Å². The summed E-state index contributed by atoms with van der Waals surface area (Å²) >= 11 is 0. The van der Waals surface area contributed by atoms with Gasteiger partial charge in [-0.2, -0.15) is 0 Å². The minimum atomic E-state index is -0.620. The first-order chi connectivity index (χ1) is 9.63. The topological polar surface area (TPSA) is 58.6 Å². The zero-order valence-electron chi connectivity index (χ0n) is 11.6. The van der Waals surface area contributed by atoms with Crippen LogP contribution in [-0.4, -0.2) is 29.1 Å². The van der Waals surface area contributed by atoms with Crippen LogP contribution in [0.3, 0.4) is 0 Å². The predicted molar refractivity (Wildman–Crippen MR) is 75.1 cm³/mol. The first kappa shape index (κ1) is 14.1. The number of urea groups is 1. The summed E-state index contributed by atoms with van der Waals surface area (Å²) in [4.78, 5) is 24.9. The van der Waals surface area contributed by atoms with Crippen LogP contribution in [0.15, 0.2) is 42.5 Å². The molecule has 1 N–H and O–H groups in total. The fourth-order valence-corrected chi connectivity index (χ4v) is 2.13. The van der Waals surface area contributed by atoms with Crippen molar-refractivity contribution in [3.05, 3.63) is 48.0 Å². The van der Waals surface area contributed by atoms with Crippen LogP contribution in [0.2, 0.25) is 0 Å². The number of carbonyl (C=O) groups is 2. The number of ether oxygens (including phenoxy) is 1. The Balaban J connectivity index is 1.97. The van der Waals surface area contributed by atoms with E-state index in [0.717, 1.165) is 10.5 Å². The monoisotopic (exact) mass is 274 g/mol. The van der Waals surface area contributed by atoms with Crippen LogP contribution >= 0.6 is 0 Å². The standard InChI is InChI=1S/C15H18N2O3/c1-3-7-13-11(2)17(14(18)16-13)15(19)20-10-12-8-5-4-6-9-12/h3-9,11,13H,10H2,1-2H3,(H,16,18)/b7-3+/t11-,13-/m0/s1. The molecule has 1 heterocycles. The van der Waals surface area contributed by atoms with Crippen LogP contribution in [0.5, 0.6) is 0 Å². The summed E-state index contributed by atoms with van der Waals surface area (Å²) < 4.78 is 5.18. The Labute approximate surface area is 118 Å². The zero-order chi connectivity index (χ0) is 14.5. The van der Waals surface area contributed by atoms with Crippen molar-refractivity contribution >= 4 is 12.1 Å². The highest BCUT2D eigenvalue weighted by Gasteiger charge is 2.39. The van der Waals surface area contributed by atoms with E-state index in [2.05, 4.69) is 5.32 Å². The van der Waals surface area contributed by atoms with E-state index in [-0.39, 0.29) is 18.7 Å². The van der Waals surface area contributed by atoms with Crippen molar-refractivity contribution in [3.63, 3.8) is 0 Å². The predicted octanol–water partition coefficient (Wildman–Crippen LogP) is 2.68. The first-order valence-electron chi connectivity index (χ1n) is 6.56. The molecule has 0 spiro atoms. The Morgan fingerprint density at radius 3 is 2.75 bits per heavy atom. The molecule has 1 saturated heterocycles. The molecule has 1 aliphatic heterocycles. The lowest BCUT2D eigenvalue weighted by atomic mass is 10.1. The molecule has 1 fully saturated rings. The SMILES string of the molecule is C/C=C/[C@@H]1NC(=O)N(C(=O)OCc2ccccc2)[C@H]1C. The molecule has 0 radical (unpaired) electrons. The zero-order valence-corrected chi connectivity index (χ0v) is 11.6. The van der Waals surface area contributed by atoms with Crippen molar-refractivity contribution in [3.8, 4) is 0 Å². The number of carbonyl (C=O) groups excluding carboxylic acids is 2. The summed E-state index contributed by atoms with van der Waals surface area (Å²) in [5.41, 5.74) is 0.887. The van der Waals surface area contributed by atoms with Crippen molar-refractivity contribution in [1.82, 2.24) is 10.2 Å². The number of hydrogen-bond donors (Lipinski definition) is 1. The van der Waals surface area contributed by atoms with E-state index in [9.17, 15) is 9.59 Å². The third kappa shape index (κ3) is 2.99. The van der Waals surface area contributed by atoms with Gasteiger partial charge in [0.2, 0.25) is 0 Å². The third-order valence-electron chi connectivity index (χ3n) is 3.24. The van der Waals surface area contributed by atoms with Crippen LogP contribution in [0.1, 0.15) is 19.4 Å². The Kier molecular flexibility index (Phi) is 4.40. The summed E-state index contributed by atoms with van der Waals surface area (Å²) in [6.07, 6.45) is 3.08. The van der Waals surface area contributed by atoms with Gasteiger partial charge in [0, 0.05) is 0 Å². The van der Waals surface area contributed by atoms with E-state index in [0.29, 0.717) is 0 Å². The van der Waals surface area contributed by atoms with E-state index in [1.54, 1.807) is 0 Å². The van der Waals surface area contributed by atoms with Crippen molar-refractivity contribution in [1.29, 1.82) is 0 Å². The maximum absolute atomic E-state index is 12.0. The minimum Gasteiger partial charge on any atom is -0.444 e. The third-order valence-corrected chi connectivity index (χ3v) is 3.24. The summed E-state index contributed by atoms with van der Waals surface area (Å²) in [5, 5.41) is 2.73. The summed E-state index contributed by atoms with van der Waals surface area (Å²) in [5.74, 6) is 0. The molecule has 20 heavy (non-hydrogen) atoms. The van der Waals surface area contributed by atoms with Crippen LogP contribution in [0.25, 0.3) is 0 Å². The molecular weight excluding hydrogens is 256 g/mol. The molecule has 1 aromatic carbocycles. The molecule has 2 rings (SSSR count). The number of allylic oxidation sites excluding steroid dienone is 1. The second-order valence-electron chi connectivity index (χ2n) is 4.65. The van der Waals surface area contributed by atoms with E-state index in [1.807, 2.05) is 56.3 Å². The lowest BCUT2D eigenvalue weighted by Gasteiger charge is -2.19. The highest BCUT2D eigenvalue weighted by molar-refractivity contribution is 5.93. The number of nitrogens with one attached hydrogen (secondary N) is 1. The fraction of sp³-hybridized carbons (Fsp3) is 0.333. The van der Waals surface area contributed by atoms with E-state index in [1.165, 1.54) is 0 Å². The highest BCUT2D eigenvalue weighted by atomic mass is 16.6. The van der Waals surface area contributed by atoms with Crippen LogP contribution in [0, 0.1) is 0 Å². The van der Waals surface area contributed by atoms with E-state index < -0.39 is 12.1 Å². The molecule has 3 amide bonds. The number of amides is 3. The molecular formula is C15H18N2O3. The Morgan fingerprint density at radius 1 is 1.40 bits per heavy atom. The molecule has 0 bridgehead atoms. The van der Waals surface area contributed by atoms with Gasteiger partial charge in [-0.15, -0.1) is 0 Å². The van der Waals surface area contributed by atoms with Gasteiger partial charge in [-0.3, -0.25) is 0 Å².